The van der Waals surface area contributed by atoms with Crippen LogP contribution >= 0.6 is 0 Å². The van der Waals surface area contributed by atoms with E-state index >= 15 is 0 Å². The average molecular weight is 564 g/mol. The second-order valence-corrected chi connectivity index (χ2v) is 14.1. The first kappa shape index (κ1) is 27.8. The first-order valence-electron chi connectivity index (χ1n) is 12.0. The fourth-order valence-corrected chi connectivity index (χ4v) is 6.79. The highest BCUT2D eigenvalue weighted by atomic mass is 32.2. The van der Waals surface area contributed by atoms with Gasteiger partial charge in [0.1, 0.15) is 17.1 Å². The van der Waals surface area contributed by atoms with E-state index in [2.05, 4.69) is 9.71 Å². The molecule has 1 amide bonds. The zero-order valence-corrected chi connectivity index (χ0v) is 23.4. The molecule has 2 heterocycles. The molecule has 12 heteroatoms. The van der Waals surface area contributed by atoms with E-state index in [1.54, 1.807) is 19.1 Å². The molecule has 0 aromatic heterocycles. The molecule has 0 saturated carbocycles. The number of aryl methyl sites for hydroxylation is 1. The van der Waals surface area contributed by atoms with Crippen LogP contribution in [-0.2, 0) is 31.2 Å². The molecule has 1 atom stereocenters. The number of carbonyl (C=O) groups excluding carboxylic acids is 1. The van der Waals surface area contributed by atoms with Crippen molar-refractivity contribution in [3.05, 3.63) is 64.7 Å². The molecule has 2 aliphatic rings. The summed E-state index contributed by atoms with van der Waals surface area (Å²) in [5, 5.41) is 11.4. The highest BCUT2D eigenvalue weighted by Crippen LogP contribution is 2.42. The monoisotopic (exact) mass is 563 g/mol. The predicted molar refractivity (Wildman–Crippen MR) is 143 cm³/mol. The van der Waals surface area contributed by atoms with E-state index in [-0.39, 0.29) is 45.7 Å². The van der Waals surface area contributed by atoms with E-state index < -0.39 is 43.0 Å². The van der Waals surface area contributed by atoms with Gasteiger partial charge < -0.3 is 10.0 Å². The van der Waals surface area contributed by atoms with Crippen molar-refractivity contribution >= 4 is 42.9 Å². The number of nitrogens with zero attached hydrogens (tertiary/aromatic N) is 2. The lowest BCUT2D eigenvalue weighted by Crippen LogP contribution is -2.44. The number of anilines is 1. The van der Waals surface area contributed by atoms with E-state index in [1.165, 1.54) is 29.2 Å². The number of amides is 1. The van der Waals surface area contributed by atoms with Crippen LogP contribution in [-0.4, -0.2) is 56.5 Å². The minimum atomic E-state index is -4.02. The summed E-state index contributed by atoms with van der Waals surface area (Å²) in [7, 11) is -7.65. The Morgan fingerprint density at radius 1 is 1.21 bits per heavy atom. The second kappa shape index (κ2) is 9.49. The maximum atomic E-state index is 13.8. The summed E-state index contributed by atoms with van der Waals surface area (Å²) in [5.74, 6) is -1.84. The summed E-state index contributed by atoms with van der Waals surface area (Å²) < 4.78 is 65.7. The molecule has 204 valence electrons. The fourth-order valence-electron chi connectivity index (χ4n) is 4.77. The number of nitrogens with one attached hydrogen (secondary N) is 1. The molecule has 0 unspecified atom stereocenters. The lowest BCUT2D eigenvalue weighted by molar-refractivity contribution is -0.129. The Balaban J connectivity index is 1.79. The number of carbonyl (C=O) groups is 1. The molecule has 2 aromatic carbocycles. The zero-order valence-electron chi connectivity index (χ0n) is 21.7. The molecular formula is C26H30FN3O6S2. The standard InChI is InChI=1S/C26H30FN3O6S2/c1-6-26(3,4)24-23(31)22(25(32)30(24)13-16-7-9-18(27)15(2)11-16)20-14-38(35,36)21-12-17(29-37(5,33)34)8-10-19(21)28-20/h7-12,24,29,31H,6,13-14H2,1-5H3/t24-/m1/s1. The second-order valence-electron chi connectivity index (χ2n) is 10.4. The molecule has 0 aliphatic carbocycles. The van der Waals surface area contributed by atoms with Gasteiger partial charge in [0.25, 0.3) is 5.91 Å². The number of benzene rings is 2. The van der Waals surface area contributed by atoms with Gasteiger partial charge in [-0.2, -0.15) is 0 Å². The number of fused-ring (bicyclic) bond motifs is 1. The molecule has 0 fully saturated rings. The van der Waals surface area contributed by atoms with Crippen LogP contribution in [0.1, 0.15) is 38.3 Å². The first-order valence-corrected chi connectivity index (χ1v) is 15.5. The van der Waals surface area contributed by atoms with Crippen LogP contribution in [0.5, 0.6) is 0 Å². The average Bonchev–Trinajstić information content (AvgIpc) is 3.05. The van der Waals surface area contributed by atoms with E-state index in [0.717, 1.165) is 6.26 Å². The number of aliphatic hydroxyl groups excluding tert-OH is 1. The SMILES string of the molecule is CCC(C)(C)[C@H]1C(O)=C(C2=Nc3ccc(NS(C)(=O)=O)cc3S(=O)(=O)C2)C(=O)N1Cc1ccc(F)c(C)c1. The van der Waals surface area contributed by atoms with Gasteiger partial charge in [0.05, 0.1) is 34.3 Å². The molecule has 2 aliphatic heterocycles. The van der Waals surface area contributed by atoms with Crippen molar-refractivity contribution in [1.29, 1.82) is 0 Å². The van der Waals surface area contributed by atoms with E-state index in [1.807, 2.05) is 20.8 Å². The van der Waals surface area contributed by atoms with Gasteiger partial charge in [-0.25, -0.2) is 21.2 Å². The quantitative estimate of drug-likeness (QED) is 0.523. The molecule has 2 N–H and O–H groups in total. The van der Waals surface area contributed by atoms with Crippen LogP contribution in [0, 0.1) is 18.2 Å². The Hall–Kier alpha value is -3.25. The number of aliphatic imine (C=N–C) groups is 1. The normalized spacial score (nSPS) is 19.4. The van der Waals surface area contributed by atoms with Gasteiger partial charge >= 0.3 is 0 Å². The third-order valence-corrected chi connectivity index (χ3v) is 9.25. The number of halogens is 1. The van der Waals surface area contributed by atoms with Crippen LogP contribution in [0.25, 0.3) is 0 Å². The highest BCUT2D eigenvalue weighted by Gasteiger charge is 2.49. The van der Waals surface area contributed by atoms with Crippen molar-refractivity contribution < 1.29 is 31.1 Å². The summed E-state index contributed by atoms with van der Waals surface area (Å²) in [6.45, 7) is 7.43. The van der Waals surface area contributed by atoms with Crippen LogP contribution in [0.3, 0.4) is 0 Å². The highest BCUT2D eigenvalue weighted by molar-refractivity contribution is 7.92. The predicted octanol–water partition coefficient (Wildman–Crippen LogP) is 4.02. The Morgan fingerprint density at radius 3 is 2.50 bits per heavy atom. The maximum Gasteiger partial charge on any atom is 0.260 e. The van der Waals surface area contributed by atoms with Crippen LogP contribution in [0.4, 0.5) is 15.8 Å². The van der Waals surface area contributed by atoms with Crippen molar-refractivity contribution in [3.8, 4) is 0 Å². The summed E-state index contributed by atoms with van der Waals surface area (Å²) in [4.78, 5) is 19.5. The third-order valence-electron chi connectivity index (χ3n) is 7.00. The number of rotatable bonds is 7. The van der Waals surface area contributed by atoms with Gasteiger partial charge in [-0.05, 0) is 54.2 Å². The minimum absolute atomic E-state index is 0.0392. The van der Waals surface area contributed by atoms with E-state index in [4.69, 9.17) is 0 Å². The molecular weight excluding hydrogens is 533 g/mol. The van der Waals surface area contributed by atoms with Crippen molar-refractivity contribution in [2.24, 2.45) is 10.4 Å². The number of aliphatic hydroxyl groups is 1. The van der Waals surface area contributed by atoms with Gasteiger partial charge in [-0.15, -0.1) is 0 Å². The fraction of sp³-hybridized carbons (Fsp3) is 0.385. The van der Waals surface area contributed by atoms with Gasteiger partial charge in [0, 0.05) is 12.2 Å². The number of hydrogen-bond donors (Lipinski definition) is 2. The minimum Gasteiger partial charge on any atom is -0.509 e. The molecule has 0 radical (unpaired) electrons. The summed E-state index contributed by atoms with van der Waals surface area (Å²) in [6, 6.07) is 7.68. The summed E-state index contributed by atoms with van der Waals surface area (Å²) in [6.07, 6.45) is 1.55. The van der Waals surface area contributed by atoms with Gasteiger partial charge in [-0.1, -0.05) is 32.9 Å². The number of sulfone groups is 1. The largest absolute Gasteiger partial charge is 0.509 e. The lowest BCUT2D eigenvalue weighted by Gasteiger charge is -2.37. The van der Waals surface area contributed by atoms with E-state index in [9.17, 15) is 31.1 Å². The lowest BCUT2D eigenvalue weighted by atomic mass is 9.80. The topological polar surface area (TPSA) is 133 Å². The van der Waals surface area contributed by atoms with Crippen molar-refractivity contribution in [3.63, 3.8) is 0 Å². The smallest absolute Gasteiger partial charge is 0.260 e. The van der Waals surface area contributed by atoms with Gasteiger partial charge in [0.2, 0.25) is 10.0 Å². The van der Waals surface area contributed by atoms with Crippen molar-refractivity contribution in [1.82, 2.24) is 4.90 Å². The maximum absolute atomic E-state index is 13.8. The third kappa shape index (κ3) is 5.19. The Morgan fingerprint density at radius 2 is 1.89 bits per heavy atom. The van der Waals surface area contributed by atoms with Crippen LogP contribution in [0.2, 0.25) is 0 Å². The molecule has 0 bridgehead atoms. The molecule has 9 nitrogen and oxygen atoms in total. The Kier molecular flexibility index (Phi) is 6.94. The molecule has 0 spiro atoms. The summed E-state index contributed by atoms with van der Waals surface area (Å²) in [5.41, 5.74) is 0.366. The van der Waals surface area contributed by atoms with Crippen molar-refractivity contribution in [2.45, 2.75) is 51.6 Å². The van der Waals surface area contributed by atoms with Gasteiger partial charge in [0.15, 0.2) is 9.84 Å². The van der Waals surface area contributed by atoms with E-state index in [0.29, 0.717) is 17.5 Å². The van der Waals surface area contributed by atoms with Crippen LogP contribution in [0.15, 0.2) is 57.6 Å². The first-order chi connectivity index (χ1) is 17.5. The molecule has 38 heavy (non-hydrogen) atoms. The Bertz CT molecular complexity index is 1610. The Labute approximate surface area is 222 Å². The van der Waals surface area contributed by atoms with Crippen LogP contribution < -0.4 is 4.72 Å². The zero-order chi connectivity index (χ0) is 28.2. The number of sulfonamides is 1. The van der Waals surface area contributed by atoms with Gasteiger partial charge in [-0.3, -0.25) is 14.5 Å². The molecule has 2 aromatic rings. The summed E-state index contributed by atoms with van der Waals surface area (Å²) >= 11 is 0. The molecule has 0 saturated heterocycles. The number of hydrogen-bond acceptors (Lipinski definition) is 7. The molecule has 4 rings (SSSR count). The van der Waals surface area contributed by atoms with Crippen molar-refractivity contribution in [2.75, 3.05) is 16.7 Å².